The quantitative estimate of drug-likeness (QED) is 0.211. The van der Waals surface area contributed by atoms with E-state index >= 15 is 0 Å². The van der Waals surface area contributed by atoms with E-state index in [0.717, 1.165) is 0 Å². The molecule has 222 valence electrons. The van der Waals surface area contributed by atoms with Crippen LogP contribution in [0.3, 0.4) is 0 Å². The lowest BCUT2D eigenvalue weighted by molar-refractivity contribution is -0.241. The van der Waals surface area contributed by atoms with Crippen molar-refractivity contribution in [3.63, 3.8) is 0 Å². The molecule has 0 aromatic carbocycles. The number of epoxide rings is 1. The summed E-state index contributed by atoms with van der Waals surface area (Å²) in [5.41, 5.74) is -10.0. The maximum absolute atomic E-state index is 13.5. The molecule has 5 rings (SSSR count). The molecular formula is C30H42O10. The van der Waals surface area contributed by atoms with Crippen molar-refractivity contribution in [2.75, 3.05) is 6.61 Å². The van der Waals surface area contributed by atoms with Gasteiger partial charge in [-0.2, -0.15) is 0 Å². The minimum atomic E-state index is -2.50. The number of carbonyl (C=O) groups excluding carboxylic acids is 3. The predicted octanol–water partition coefficient (Wildman–Crippen LogP) is 1.37. The summed E-state index contributed by atoms with van der Waals surface area (Å²) in [4.78, 5) is 40.1. The summed E-state index contributed by atoms with van der Waals surface area (Å²) in [5.74, 6) is -4.66. The first kappa shape index (κ1) is 29.4. The van der Waals surface area contributed by atoms with Crippen molar-refractivity contribution in [1.29, 1.82) is 0 Å². The average molecular weight is 563 g/mol. The van der Waals surface area contributed by atoms with Gasteiger partial charge in [0.1, 0.15) is 23.9 Å². The van der Waals surface area contributed by atoms with Crippen molar-refractivity contribution in [1.82, 2.24) is 0 Å². The number of aliphatic hydroxyl groups is 4. The fraction of sp³-hybridized carbons (Fsp3) is 0.767. The van der Waals surface area contributed by atoms with E-state index in [4.69, 9.17) is 14.2 Å². The van der Waals surface area contributed by atoms with Crippen LogP contribution in [0, 0.1) is 28.6 Å². The molecule has 1 saturated heterocycles. The Morgan fingerprint density at radius 3 is 2.45 bits per heavy atom. The highest BCUT2D eigenvalue weighted by molar-refractivity contribution is 6.05. The number of ketones is 1. The molecular weight excluding hydrogens is 520 g/mol. The summed E-state index contributed by atoms with van der Waals surface area (Å²) in [6, 6.07) is 0. The number of Topliss-reactive ketones (excluding diaryl/α,β-unsaturated/α-hetero) is 1. The predicted molar refractivity (Wildman–Crippen MR) is 140 cm³/mol. The second-order valence-electron chi connectivity index (χ2n) is 13.2. The van der Waals surface area contributed by atoms with E-state index in [2.05, 4.69) is 0 Å². The van der Waals surface area contributed by atoms with Crippen molar-refractivity contribution < 1.29 is 49.0 Å². The lowest BCUT2D eigenvalue weighted by atomic mass is 9.54. The van der Waals surface area contributed by atoms with Gasteiger partial charge in [0, 0.05) is 34.7 Å². The zero-order chi connectivity index (χ0) is 30.0. The van der Waals surface area contributed by atoms with Gasteiger partial charge in [-0.15, -0.1) is 0 Å². The van der Waals surface area contributed by atoms with Crippen LogP contribution in [-0.4, -0.2) is 85.5 Å². The van der Waals surface area contributed by atoms with Crippen LogP contribution in [0.5, 0.6) is 0 Å². The third kappa shape index (κ3) is 2.80. The van der Waals surface area contributed by atoms with Gasteiger partial charge in [0.05, 0.1) is 18.1 Å². The van der Waals surface area contributed by atoms with Crippen molar-refractivity contribution in [2.24, 2.45) is 28.6 Å². The summed E-state index contributed by atoms with van der Waals surface area (Å²) in [5, 5.41) is 47.2. The van der Waals surface area contributed by atoms with Gasteiger partial charge in [-0.1, -0.05) is 46.8 Å². The van der Waals surface area contributed by atoms with Crippen molar-refractivity contribution >= 4 is 17.7 Å². The minimum Gasteiger partial charge on any atom is -0.458 e. The van der Waals surface area contributed by atoms with E-state index in [1.807, 2.05) is 6.92 Å². The molecule has 0 radical (unpaired) electrons. The van der Waals surface area contributed by atoms with E-state index in [1.165, 1.54) is 13.0 Å². The molecule has 1 aliphatic heterocycles. The summed E-state index contributed by atoms with van der Waals surface area (Å²) in [7, 11) is 0. The molecule has 4 aliphatic carbocycles. The molecule has 10 heteroatoms. The third-order valence-electron chi connectivity index (χ3n) is 11.8. The first-order valence-corrected chi connectivity index (χ1v) is 14.2. The van der Waals surface area contributed by atoms with Gasteiger partial charge in [0.25, 0.3) is 0 Å². The number of ether oxygens (including phenoxy) is 3. The van der Waals surface area contributed by atoms with Gasteiger partial charge >= 0.3 is 11.9 Å². The van der Waals surface area contributed by atoms with Crippen LogP contribution in [0.15, 0.2) is 23.3 Å². The van der Waals surface area contributed by atoms with Crippen LogP contribution >= 0.6 is 0 Å². The number of fused-ring (bicyclic) bond motifs is 4. The van der Waals surface area contributed by atoms with Crippen LogP contribution in [-0.2, 0) is 28.6 Å². The van der Waals surface area contributed by atoms with Gasteiger partial charge < -0.3 is 34.6 Å². The molecule has 4 N–H and O–H groups in total. The first-order chi connectivity index (χ1) is 18.5. The normalized spacial score (nSPS) is 48.9. The van der Waals surface area contributed by atoms with E-state index in [9.17, 15) is 34.8 Å². The van der Waals surface area contributed by atoms with Gasteiger partial charge in [-0.25, -0.2) is 4.79 Å². The Morgan fingerprint density at radius 2 is 1.90 bits per heavy atom. The highest BCUT2D eigenvalue weighted by Gasteiger charge is 2.97. The summed E-state index contributed by atoms with van der Waals surface area (Å²) in [6.45, 7) is 12.9. The Morgan fingerprint density at radius 1 is 1.27 bits per heavy atom. The molecule has 10 nitrogen and oxygen atoms in total. The number of hydrogen-bond donors (Lipinski definition) is 4. The Labute approximate surface area is 234 Å². The van der Waals surface area contributed by atoms with E-state index in [-0.39, 0.29) is 12.0 Å². The second-order valence-corrected chi connectivity index (χ2v) is 13.2. The third-order valence-corrected chi connectivity index (χ3v) is 11.8. The molecule has 11 unspecified atom stereocenters. The van der Waals surface area contributed by atoms with Crippen LogP contribution < -0.4 is 0 Å². The number of hydrogen-bond acceptors (Lipinski definition) is 10. The summed E-state index contributed by atoms with van der Waals surface area (Å²) in [6.07, 6.45) is -0.357. The standard InChI is InChI=1S/C30H42O10/c1-9-14(3)21(33)38-19-12-27-24-26(13-31,40-24)23(35)28(36)18(11-16(5)20(28)32)29(27,37)17(6)30(19,25(27,7)8)39-22(34)15(4)10-2/h10-11,14,17-19,23-24,31,35-37H,9,12-13H2,1-8H3/b15-10+. The lowest BCUT2D eigenvalue weighted by Gasteiger charge is -2.53. The zero-order valence-electron chi connectivity index (χ0n) is 24.5. The molecule has 11 atom stereocenters. The SMILES string of the molecule is C/C=C(\C)C(=O)OC12C(OC(=O)C(C)CC)CC3(C4OC4(CO)C(O)C4(O)C(=O)C(C)=CC4C3(O)C1C)C2(C)C. The smallest absolute Gasteiger partial charge is 0.334 e. The maximum atomic E-state index is 13.5. The molecule has 1 heterocycles. The van der Waals surface area contributed by atoms with Gasteiger partial charge in [0.15, 0.2) is 17.0 Å². The first-order valence-electron chi connectivity index (χ1n) is 14.2. The number of allylic oxidation sites excluding steroid dienone is 1. The number of carbonyl (C=O) groups is 3. The molecule has 4 fully saturated rings. The maximum Gasteiger partial charge on any atom is 0.334 e. The molecule has 1 spiro atoms. The minimum absolute atomic E-state index is 0.0437. The van der Waals surface area contributed by atoms with Gasteiger partial charge in [0.2, 0.25) is 0 Å². The Balaban J connectivity index is 1.80. The fourth-order valence-electron chi connectivity index (χ4n) is 9.18. The average Bonchev–Trinajstić information content (AvgIpc) is 3.56. The zero-order valence-corrected chi connectivity index (χ0v) is 24.5. The molecule has 0 aromatic heterocycles. The monoisotopic (exact) mass is 562 g/mol. The number of aliphatic hydroxyl groups excluding tert-OH is 2. The van der Waals surface area contributed by atoms with Gasteiger partial charge in [-0.05, 0) is 32.8 Å². The molecule has 0 amide bonds. The van der Waals surface area contributed by atoms with Crippen LogP contribution in [0.2, 0.25) is 0 Å². The lowest BCUT2D eigenvalue weighted by Crippen LogP contribution is -2.68. The molecule has 40 heavy (non-hydrogen) atoms. The van der Waals surface area contributed by atoms with E-state index in [0.29, 0.717) is 12.0 Å². The Kier molecular flexibility index (Phi) is 6.22. The molecule has 0 aromatic rings. The number of rotatable bonds is 6. The highest BCUT2D eigenvalue weighted by Crippen LogP contribution is 2.84. The number of esters is 2. The van der Waals surface area contributed by atoms with E-state index < -0.39 is 93.6 Å². The summed E-state index contributed by atoms with van der Waals surface area (Å²) >= 11 is 0. The Bertz CT molecular complexity index is 1240. The van der Waals surface area contributed by atoms with Crippen LogP contribution in [0.1, 0.15) is 68.2 Å². The topological polar surface area (TPSA) is 163 Å². The molecule has 3 saturated carbocycles. The van der Waals surface area contributed by atoms with Crippen molar-refractivity contribution in [2.45, 2.75) is 109 Å². The van der Waals surface area contributed by atoms with Crippen molar-refractivity contribution in [3.8, 4) is 0 Å². The summed E-state index contributed by atoms with van der Waals surface area (Å²) < 4.78 is 18.6. The van der Waals surface area contributed by atoms with Crippen LogP contribution in [0.25, 0.3) is 0 Å². The Hall–Kier alpha value is -2.11. The van der Waals surface area contributed by atoms with E-state index in [1.54, 1.807) is 47.6 Å². The fourth-order valence-corrected chi connectivity index (χ4v) is 9.18. The molecule has 5 aliphatic rings. The van der Waals surface area contributed by atoms with Gasteiger partial charge in [-0.3, -0.25) is 9.59 Å². The highest BCUT2D eigenvalue weighted by atomic mass is 16.6. The van der Waals surface area contributed by atoms with Crippen LogP contribution in [0.4, 0.5) is 0 Å². The second kappa shape index (κ2) is 8.47. The molecule has 2 bridgehead atoms. The van der Waals surface area contributed by atoms with Crippen molar-refractivity contribution in [3.05, 3.63) is 23.3 Å². The largest absolute Gasteiger partial charge is 0.458 e.